The zero-order chi connectivity index (χ0) is 22.1. The molecule has 0 unspecified atom stereocenters. The second kappa shape index (κ2) is 9.16. The molecule has 2 aliphatic heterocycles. The molecule has 5 rings (SSSR count). The Labute approximate surface area is 193 Å². The molecule has 1 amide bonds. The first-order chi connectivity index (χ1) is 15.6. The monoisotopic (exact) mass is 449 g/mol. The molecule has 2 saturated heterocycles. The van der Waals surface area contributed by atoms with E-state index in [4.69, 9.17) is 0 Å². The van der Waals surface area contributed by atoms with Crippen molar-refractivity contribution < 1.29 is 4.79 Å². The summed E-state index contributed by atoms with van der Waals surface area (Å²) in [7, 11) is 0. The van der Waals surface area contributed by atoms with E-state index in [2.05, 4.69) is 63.9 Å². The molecule has 0 saturated carbocycles. The number of piperidine rings is 1. The van der Waals surface area contributed by atoms with Crippen molar-refractivity contribution >= 4 is 33.3 Å². The van der Waals surface area contributed by atoms with Crippen LogP contribution in [0, 0.1) is 12.8 Å². The molecule has 168 valence electrons. The highest BCUT2D eigenvalue weighted by Crippen LogP contribution is 2.36. The minimum Gasteiger partial charge on any atom is -0.356 e. The number of carbonyl (C=O) groups excluding carboxylic acids is 1. The quantitative estimate of drug-likeness (QED) is 0.598. The summed E-state index contributed by atoms with van der Waals surface area (Å²) in [6, 6.07) is 10.6. The van der Waals surface area contributed by atoms with Crippen LogP contribution in [-0.4, -0.2) is 64.9 Å². The maximum Gasteiger partial charge on any atom is 0.264 e. The van der Waals surface area contributed by atoms with Crippen LogP contribution in [0.2, 0.25) is 0 Å². The Morgan fingerprint density at radius 1 is 1.03 bits per heavy atom. The summed E-state index contributed by atoms with van der Waals surface area (Å²) in [6.07, 6.45) is 4.03. The number of hydrogen-bond acceptors (Lipinski definition) is 6. The first-order valence-electron chi connectivity index (χ1n) is 11.6. The third-order valence-corrected chi connectivity index (χ3v) is 8.08. The van der Waals surface area contributed by atoms with Crippen LogP contribution in [-0.2, 0) is 6.54 Å². The summed E-state index contributed by atoms with van der Waals surface area (Å²) >= 11 is 1.53. The predicted molar refractivity (Wildman–Crippen MR) is 130 cm³/mol. The maximum absolute atomic E-state index is 13.4. The summed E-state index contributed by atoms with van der Waals surface area (Å²) in [5, 5.41) is 1.07. The fraction of sp³-hybridized carbons (Fsp3) is 0.480. The highest BCUT2D eigenvalue weighted by Gasteiger charge is 2.28. The van der Waals surface area contributed by atoms with Crippen LogP contribution in [0.5, 0.6) is 0 Å². The van der Waals surface area contributed by atoms with E-state index in [0.717, 1.165) is 78.2 Å². The van der Waals surface area contributed by atoms with Crippen molar-refractivity contribution in [3.8, 4) is 0 Å². The van der Waals surface area contributed by atoms with E-state index in [9.17, 15) is 4.79 Å². The van der Waals surface area contributed by atoms with E-state index in [0.29, 0.717) is 0 Å². The normalized spacial score (nSPS) is 18.4. The minimum absolute atomic E-state index is 0.142. The van der Waals surface area contributed by atoms with Crippen molar-refractivity contribution in [1.82, 2.24) is 19.8 Å². The smallest absolute Gasteiger partial charge is 0.264 e. The number of nitrogens with zero attached hydrogens (tertiary/aromatic N) is 5. The molecular formula is C25H31N5OS. The van der Waals surface area contributed by atoms with Crippen molar-refractivity contribution in [2.45, 2.75) is 33.2 Å². The Morgan fingerprint density at radius 3 is 2.47 bits per heavy atom. The zero-order valence-corrected chi connectivity index (χ0v) is 19.8. The van der Waals surface area contributed by atoms with Crippen LogP contribution in [0.4, 0.5) is 5.82 Å². The Bertz CT molecular complexity index is 1080. The fourth-order valence-electron chi connectivity index (χ4n) is 4.81. The molecule has 0 radical (unpaired) electrons. The second-order valence-electron chi connectivity index (χ2n) is 9.16. The van der Waals surface area contributed by atoms with Crippen LogP contribution in [0.15, 0.2) is 36.7 Å². The van der Waals surface area contributed by atoms with E-state index >= 15 is 0 Å². The van der Waals surface area contributed by atoms with E-state index in [1.165, 1.54) is 29.7 Å². The van der Waals surface area contributed by atoms with E-state index in [1.54, 1.807) is 6.33 Å². The van der Waals surface area contributed by atoms with Gasteiger partial charge in [-0.3, -0.25) is 9.69 Å². The van der Waals surface area contributed by atoms with E-state index in [1.807, 2.05) is 4.90 Å². The van der Waals surface area contributed by atoms with Gasteiger partial charge < -0.3 is 9.80 Å². The van der Waals surface area contributed by atoms with Crippen LogP contribution in [0.25, 0.3) is 10.2 Å². The van der Waals surface area contributed by atoms with Gasteiger partial charge in [-0.15, -0.1) is 11.3 Å². The zero-order valence-electron chi connectivity index (χ0n) is 19.0. The first kappa shape index (κ1) is 21.3. The largest absolute Gasteiger partial charge is 0.356 e. The predicted octanol–water partition coefficient (Wildman–Crippen LogP) is 4.19. The number of hydrogen-bond donors (Lipinski definition) is 0. The van der Waals surface area contributed by atoms with Crippen LogP contribution in [0.3, 0.4) is 0 Å². The number of anilines is 1. The van der Waals surface area contributed by atoms with E-state index in [-0.39, 0.29) is 5.91 Å². The molecule has 7 heteroatoms. The van der Waals surface area contributed by atoms with Crippen LogP contribution < -0.4 is 4.90 Å². The summed E-state index contributed by atoms with van der Waals surface area (Å²) in [4.78, 5) is 31.2. The topological polar surface area (TPSA) is 52.6 Å². The lowest BCUT2D eigenvalue weighted by Gasteiger charge is -2.34. The third kappa shape index (κ3) is 4.24. The lowest BCUT2D eigenvalue weighted by molar-refractivity contribution is 0.0632. The fourth-order valence-corrected chi connectivity index (χ4v) is 5.92. The summed E-state index contributed by atoms with van der Waals surface area (Å²) in [6.45, 7) is 10.7. The van der Waals surface area contributed by atoms with Gasteiger partial charge >= 0.3 is 0 Å². The Balaban J connectivity index is 1.31. The van der Waals surface area contributed by atoms with Gasteiger partial charge in [0.2, 0.25) is 0 Å². The second-order valence-corrected chi connectivity index (χ2v) is 10.2. The van der Waals surface area contributed by atoms with Gasteiger partial charge in [-0.1, -0.05) is 37.3 Å². The van der Waals surface area contributed by atoms with E-state index < -0.39 is 0 Å². The molecule has 0 N–H and O–H groups in total. The van der Waals surface area contributed by atoms with Gasteiger partial charge in [-0.2, -0.15) is 0 Å². The van der Waals surface area contributed by atoms with Gasteiger partial charge in [0, 0.05) is 45.8 Å². The van der Waals surface area contributed by atoms with Crippen LogP contribution in [0.1, 0.15) is 40.6 Å². The number of thiophene rings is 1. The molecule has 2 fully saturated rings. The number of fused-ring (bicyclic) bond motifs is 1. The number of rotatable bonds is 4. The highest BCUT2D eigenvalue weighted by atomic mass is 32.1. The molecule has 0 aliphatic carbocycles. The first-order valence-corrected chi connectivity index (χ1v) is 12.5. The number of aryl methyl sites for hydroxylation is 1. The minimum atomic E-state index is 0.142. The van der Waals surface area contributed by atoms with Crippen molar-refractivity contribution in [2.24, 2.45) is 5.92 Å². The van der Waals surface area contributed by atoms with Gasteiger partial charge in [0.25, 0.3) is 5.91 Å². The average molecular weight is 450 g/mol. The van der Waals surface area contributed by atoms with Gasteiger partial charge in [-0.05, 0) is 36.8 Å². The third-order valence-electron chi connectivity index (χ3n) is 6.89. The standard InChI is InChI=1S/C25H31N5OS/c1-18-8-10-29(11-9-18)23-21-19(2)22(32-24(21)27-17-26-23)25(31)30-14-12-28(13-15-30)16-20-6-4-3-5-7-20/h3-7,17-18H,8-16H2,1-2H3. The molecule has 2 aromatic heterocycles. The molecule has 32 heavy (non-hydrogen) atoms. The number of carbonyl (C=O) groups is 1. The molecule has 0 atom stereocenters. The van der Waals surface area contributed by atoms with Crippen LogP contribution >= 0.6 is 11.3 Å². The molecule has 4 heterocycles. The Hall–Kier alpha value is -2.51. The van der Waals surface area contributed by atoms with Crippen molar-refractivity contribution in [1.29, 1.82) is 0 Å². The Morgan fingerprint density at radius 2 is 1.75 bits per heavy atom. The SMILES string of the molecule is Cc1c(C(=O)N2CCN(Cc3ccccc3)CC2)sc2ncnc(N3CCC(C)CC3)c12. The average Bonchev–Trinajstić information content (AvgIpc) is 3.17. The Kier molecular flexibility index (Phi) is 6.11. The molecular weight excluding hydrogens is 418 g/mol. The molecule has 6 nitrogen and oxygen atoms in total. The number of amides is 1. The van der Waals surface area contributed by atoms with Crippen molar-refractivity contribution in [3.63, 3.8) is 0 Å². The molecule has 3 aromatic rings. The lowest BCUT2D eigenvalue weighted by atomic mass is 9.99. The van der Waals surface area contributed by atoms with Gasteiger partial charge in [0.05, 0.1) is 10.3 Å². The summed E-state index contributed by atoms with van der Waals surface area (Å²) < 4.78 is 0. The summed E-state index contributed by atoms with van der Waals surface area (Å²) in [5.41, 5.74) is 2.36. The highest BCUT2D eigenvalue weighted by molar-refractivity contribution is 7.20. The molecule has 0 bridgehead atoms. The van der Waals surface area contributed by atoms with Gasteiger partial charge in [0.15, 0.2) is 0 Å². The molecule has 0 spiro atoms. The summed E-state index contributed by atoms with van der Waals surface area (Å²) in [5.74, 6) is 1.91. The van der Waals surface area contributed by atoms with Gasteiger partial charge in [0.1, 0.15) is 17.0 Å². The number of benzene rings is 1. The van der Waals surface area contributed by atoms with Crippen molar-refractivity contribution in [3.05, 3.63) is 52.7 Å². The number of aromatic nitrogens is 2. The van der Waals surface area contributed by atoms with Gasteiger partial charge in [-0.25, -0.2) is 9.97 Å². The maximum atomic E-state index is 13.4. The lowest BCUT2D eigenvalue weighted by Crippen LogP contribution is -2.48. The van der Waals surface area contributed by atoms with Crippen molar-refractivity contribution in [2.75, 3.05) is 44.2 Å². The number of piperazine rings is 1. The molecule has 1 aromatic carbocycles. The molecule has 2 aliphatic rings.